The third-order valence-corrected chi connectivity index (χ3v) is 4.04. The number of nitrogens with zero attached hydrogens (tertiary/aromatic N) is 2. The van der Waals surface area contributed by atoms with Gasteiger partial charge in [-0.05, 0) is 24.9 Å². The molecule has 0 saturated carbocycles. The van der Waals surface area contributed by atoms with Crippen LogP contribution in [0.3, 0.4) is 0 Å². The van der Waals surface area contributed by atoms with E-state index in [1.807, 2.05) is 23.1 Å². The van der Waals surface area contributed by atoms with E-state index in [0.717, 1.165) is 45.6 Å². The van der Waals surface area contributed by atoms with Crippen molar-refractivity contribution in [2.75, 3.05) is 32.7 Å². The summed E-state index contributed by atoms with van der Waals surface area (Å²) in [5, 5.41) is 0. The van der Waals surface area contributed by atoms with Crippen molar-refractivity contribution in [3.05, 3.63) is 35.9 Å². The normalized spacial score (nSPS) is 18.0. The highest BCUT2D eigenvalue weighted by molar-refractivity contribution is 5.81. The molecule has 1 unspecified atom stereocenters. The molecule has 20 heavy (non-hydrogen) atoms. The van der Waals surface area contributed by atoms with Crippen molar-refractivity contribution in [3.8, 4) is 0 Å². The van der Waals surface area contributed by atoms with Gasteiger partial charge >= 0.3 is 0 Å². The number of likely N-dealkylation sites (N-methyl/N-ethyl adjacent to an activating group) is 1. The summed E-state index contributed by atoms with van der Waals surface area (Å²) in [6, 6.07) is 9.83. The highest BCUT2D eigenvalue weighted by atomic mass is 16.2. The number of nitrogens with two attached hydrogens (primary N) is 1. The van der Waals surface area contributed by atoms with Gasteiger partial charge in [-0.25, -0.2) is 0 Å². The third-order valence-electron chi connectivity index (χ3n) is 4.04. The molecule has 1 heterocycles. The summed E-state index contributed by atoms with van der Waals surface area (Å²) in [7, 11) is 0. The summed E-state index contributed by atoms with van der Waals surface area (Å²) >= 11 is 0. The van der Waals surface area contributed by atoms with E-state index < -0.39 is 0 Å². The first-order chi connectivity index (χ1) is 9.70. The van der Waals surface area contributed by atoms with Crippen LogP contribution in [-0.4, -0.2) is 54.5 Å². The van der Waals surface area contributed by atoms with E-state index in [-0.39, 0.29) is 11.9 Å². The predicted octanol–water partition coefficient (Wildman–Crippen LogP) is 1.11. The van der Waals surface area contributed by atoms with Gasteiger partial charge in [0, 0.05) is 26.2 Å². The Morgan fingerprint density at radius 3 is 2.45 bits per heavy atom. The fourth-order valence-electron chi connectivity index (χ4n) is 2.61. The van der Waals surface area contributed by atoms with Crippen LogP contribution in [0.4, 0.5) is 0 Å². The molecule has 0 aliphatic carbocycles. The van der Waals surface area contributed by atoms with Crippen LogP contribution in [0.15, 0.2) is 30.3 Å². The predicted molar refractivity (Wildman–Crippen MR) is 81.4 cm³/mol. The van der Waals surface area contributed by atoms with E-state index in [9.17, 15) is 4.79 Å². The first-order valence-corrected chi connectivity index (χ1v) is 7.51. The Morgan fingerprint density at radius 1 is 1.20 bits per heavy atom. The van der Waals surface area contributed by atoms with Gasteiger partial charge in [0.2, 0.25) is 5.91 Å². The topological polar surface area (TPSA) is 49.6 Å². The lowest BCUT2D eigenvalue weighted by atomic mass is 10.0. The zero-order valence-electron chi connectivity index (χ0n) is 12.3. The molecule has 1 saturated heterocycles. The fourth-order valence-corrected chi connectivity index (χ4v) is 2.61. The lowest BCUT2D eigenvalue weighted by Gasteiger charge is -2.35. The second kappa shape index (κ2) is 7.41. The summed E-state index contributed by atoms with van der Waals surface area (Å²) < 4.78 is 0. The Balaban J connectivity index is 1.77. The molecular formula is C16H25N3O. The number of aryl methyl sites for hydroxylation is 1. The molecule has 0 aromatic heterocycles. The maximum atomic E-state index is 12.3. The van der Waals surface area contributed by atoms with Crippen LogP contribution in [0.25, 0.3) is 0 Å². The van der Waals surface area contributed by atoms with Gasteiger partial charge in [0.1, 0.15) is 0 Å². The highest BCUT2D eigenvalue weighted by Crippen LogP contribution is 2.08. The Bertz CT molecular complexity index is 413. The minimum absolute atomic E-state index is 0.108. The van der Waals surface area contributed by atoms with Crippen LogP contribution < -0.4 is 5.73 Å². The summed E-state index contributed by atoms with van der Waals surface area (Å²) in [6.45, 7) is 6.77. The molecule has 1 aliphatic heterocycles. The molecule has 2 rings (SSSR count). The van der Waals surface area contributed by atoms with Crippen LogP contribution in [0.5, 0.6) is 0 Å². The van der Waals surface area contributed by atoms with E-state index in [1.165, 1.54) is 5.56 Å². The molecule has 4 heteroatoms. The number of rotatable bonds is 5. The average molecular weight is 275 g/mol. The van der Waals surface area contributed by atoms with Crippen LogP contribution in [0, 0.1) is 0 Å². The van der Waals surface area contributed by atoms with Gasteiger partial charge in [0.05, 0.1) is 6.04 Å². The van der Waals surface area contributed by atoms with E-state index in [4.69, 9.17) is 5.73 Å². The van der Waals surface area contributed by atoms with Crippen LogP contribution in [-0.2, 0) is 11.2 Å². The fraction of sp³-hybridized carbons (Fsp3) is 0.562. The van der Waals surface area contributed by atoms with E-state index >= 15 is 0 Å². The Kier molecular flexibility index (Phi) is 5.56. The summed E-state index contributed by atoms with van der Waals surface area (Å²) in [6.07, 6.45) is 1.58. The van der Waals surface area contributed by atoms with Crippen molar-refractivity contribution in [2.45, 2.75) is 25.8 Å². The van der Waals surface area contributed by atoms with Crippen molar-refractivity contribution < 1.29 is 4.79 Å². The molecule has 1 fully saturated rings. The number of hydrogen-bond acceptors (Lipinski definition) is 3. The average Bonchev–Trinajstić information content (AvgIpc) is 2.53. The maximum Gasteiger partial charge on any atom is 0.239 e. The molecule has 110 valence electrons. The quantitative estimate of drug-likeness (QED) is 0.876. The molecule has 0 bridgehead atoms. The van der Waals surface area contributed by atoms with Gasteiger partial charge in [-0.1, -0.05) is 37.3 Å². The largest absolute Gasteiger partial charge is 0.339 e. The SMILES string of the molecule is CCN1CCN(C(=O)C(N)CCc2ccccc2)CC1. The lowest BCUT2D eigenvalue weighted by molar-refractivity contribution is -0.134. The smallest absolute Gasteiger partial charge is 0.239 e. The molecule has 0 radical (unpaired) electrons. The van der Waals surface area contributed by atoms with Crippen molar-refractivity contribution >= 4 is 5.91 Å². The van der Waals surface area contributed by atoms with Gasteiger partial charge in [-0.2, -0.15) is 0 Å². The highest BCUT2D eigenvalue weighted by Gasteiger charge is 2.24. The number of carbonyl (C=O) groups is 1. The second-order valence-corrected chi connectivity index (χ2v) is 5.39. The van der Waals surface area contributed by atoms with Gasteiger partial charge in [-0.3, -0.25) is 4.79 Å². The third kappa shape index (κ3) is 4.05. The summed E-state index contributed by atoms with van der Waals surface area (Å²) in [4.78, 5) is 16.6. The molecular weight excluding hydrogens is 250 g/mol. The van der Waals surface area contributed by atoms with Gasteiger partial charge in [-0.15, -0.1) is 0 Å². The van der Waals surface area contributed by atoms with Crippen LogP contribution >= 0.6 is 0 Å². The Morgan fingerprint density at radius 2 is 1.85 bits per heavy atom. The van der Waals surface area contributed by atoms with Gasteiger partial charge < -0.3 is 15.5 Å². The number of piperazine rings is 1. The molecule has 2 N–H and O–H groups in total. The maximum absolute atomic E-state index is 12.3. The second-order valence-electron chi connectivity index (χ2n) is 5.39. The molecule has 1 aromatic carbocycles. The minimum atomic E-state index is -0.372. The zero-order valence-corrected chi connectivity index (χ0v) is 12.3. The van der Waals surface area contributed by atoms with Crippen LogP contribution in [0.1, 0.15) is 18.9 Å². The number of hydrogen-bond donors (Lipinski definition) is 1. The zero-order chi connectivity index (χ0) is 14.4. The first-order valence-electron chi connectivity index (χ1n) is 7.51. The molecule has 4 nitrogen and oxygen atoms in total. The van der Waals surface area contributed by atoms with Crippen molar-refractivity contribution in [3.63, 3.8) is 0 Å². The molecule has 1 aliphatic rings. The molecule has 1 amide bonds. The minimum Gasteiger partial charge on any atom is -0.339 e. The first kappa shape index (κ1) is 15.0. The monoisotopic (exact) mass is 275 g/mol. The van der Waals surface area contributed by atoms with E-state index in [2.05, 4.69) is 24.0 Å². The summed E-state index contributed by atoms with van der Waals surface area (Å²) in [5.74, 6) is 0.108. The van der Waals surface area contributed by atoms with Crippen molar-refractivity contribution in [1.29, 1.82) is 0 Å². The lowest BCUT2D eigenvalue weighted by Crippen LogP contribution is -2.53. The Hall–Kier alpha value is -1.39. The Labute approximate surface area is 121 Å². The van der Waals surface area contributed by atoms with E-state index in [1.54, 1.807) is 0 Å². The summed E-state index contributed by atoms with van der Waals surface area (Å²) in [5.41, 5.74) is 7.30. The van der Waals surface area contributed by atoms with Crippen molar-refractivity contribution in [1.82, 2.24) is 9.80 Å². The van der Waals surface area contributed by atoms with Crippen LogP contribution in [0.2, 0.25) is 0 Å². The molecule has 1 aromatic rings. The van der Waals surface area contributed by atoms with Gasteiger partial charge in [0.15, 0.2) is 0 Å². The number of amides is 1. The van der Waals surface area contributed by atoms with Gasteiger partial charge in [0.25, 0.3) is 0 Å². The number of carbonyl (C=O) groups excluding carboxylic acids is 1. The standard InChI is InChI=1S/C16H25N3O/c1-2-18-10-12-19(13-11-18)16(20)15(17)9-8-14-6-4-3-5-7-14/h3-7,15H,2,8-13,17H2,1H3. The van der Waals surface area contributed by atoms with Crippen molar-refractivity contribution in [2.24, 2.45) is 5.73 Å². The molecule has 0 spiro atoms. The number of benzene rings is 1. The molecule has 1 atom stereocenters. The van der Waals surface area contributed by atoms with E-state index in [0.29, 0.717) is 0 Å².